The minimum atomic E-state index is -1.25. The van der Waals surface area contributed by atoms with E-state index in [1.807, 2.05) is 78.9 Å². The zero-order valence-corrected chi connectivity index (χ0v) is 24.8. The van der Waals surface area contributed by atoms with Crippen LogP contribution < -0.4 is 20.7 Å². The quantitative estimate of drug-likeness (QED) is 0.175. The molecule has 2 heterocycles. The topological polar surface area (TPSA) is 130 Å². The Morgan fingerprint density at radius 2 is 1.41 bits per heavy atom. The van der Waals surface area contributed by atoms with Gasteiger partial charge < -0.3 is 33.5 Å². The fourth-order valence-electron chi connectivity index (χ4n) is 5.47. The smallest absolute Gasteiger partial charge is 0.330 e. The predicted molar refractivity (Wildman–Crippen MR) is 161 cm³/mol. The molecule has 11 nitrogen and oxygen atoms in total. The van der Waals surface area contributed by atoms with Crippen molar-refractivity contribution in [2.24, 2.45) is 0 Å². The molecule has 1 aliphatic rings. The number of ether oxygens (including phenoxy) is 6. The minimum absolute atomic E-state index is 0.0454. The molecule has 2 N–H and O–H groups in total. The Bertz CT molecular complexity index is 1560. The number of methoxy groups -OCH3 is 3. The summed E-state index contributed by atoms with van der Waals surface area (Å²) in [6, 6.07) is 26.2. The summed E-state index contributed by atoms with van der Waals surface area (Å²) in [5.74, 6) is 1.38. The summed E-state index contributed by atoms with van der Waals surface area (Å²) >= 11 is 0. The Hall–Kier alpha value is -4.26. The average Bonchev–Trinajstić information content (AvgIpc) is 3.36. The van der Waals surface area contributed by atoms with Crippen molar-refractivity contribution in [3.63, 3.8) is 0 Å². The van der Waals surface area contributed by atoms with E-state index < -0.39 is 41.4 Å². The van der Waals surface area contributed by atoms with Gasteiger partial charge in [0.2, 0.25) is 0 Å². The molecule has 0 aliphatic carbocycles. The van der Waals surface area contributed by atoms with Crippen LogP contribution in [0.2, 0.25) is 0 Å². The van der Waals surface area contributed by atoms with Gasteiger partial charge in [0, 0.05) is 19.4 Å². The second kappa shape index (κ2) is 14.0. The number of nitrogens with one attached hydrogen (secondary N) is 1. The lowest BCUT2D eigenvalue weighted by molar-refractivity contribution is -0.107. The first-order chi connectivity index (χ1) is 21.4. The van der Waals surface area contributed by atoms with Crippen LogP contribution in [0.3, 0.4) is 0 Å². The third kappa shape index (κ3) is 6.33. The van der Waals surface area contributed by atoms with E-state index in [1.54, 1.807) is 21.3 Å². The maximum Gasteiger partial charge on any atom is 0.330 e. The molecule has 1 fully saturated rings. The van der Waals surface area contributed by atoms with Crippen molar-refractivity contribution in [3.8, 4) is 11.5 Å². The third-order valence-corrected chi connectivity index (χ3v) is 7.67. The number of aromatic nitrogens is 2. The van der Waals surface area contributed by atoms with Crippen LogP contribution >= 0.6 is 0 Å². The average molecular weight is 605 g/mol. The van der Waals surface area contributed by atoms with E-state index in [0.717, 1.165) is 21.3 Å². The number of rotatable bonds is 13. The molecule has 232 valence electrons. The van der Waals surface area contributed by atoms with Gasteiger partial charge in [-0.1, -0.05) is 54.6 Å². The van der Waals surface area contributed by atoms with Crippen LogP contribution in [0.25, 0.3) is 0 Å². The monoisotopic (exact) mass is 604 g/mol. The van der Waals surface area contributed by atoms with Gasteiger partial charge in [-0.05, 0) is 41.0 Å². The number of hydrogen-bond donors (Lipinski definition) is 2. The second-order valence-corrected chi connectivity index (χ2v) is 10.2. The lowest BCUT2D eigenvalue weighted by Crippen LogP contribution is -2.41. The van der Waals surface area contributed by atoms with Gasteiger partial charge in [0.05, 0.1) is 34.0 Å². The zero-order chi connectivity index (χ0) is 31.1. The molecular weight excluding hydrogens is 568 g/mol. The minimum Gasteiger partial charge on any atom is -0.497 e. The van der Waals surface area contributed by atoms with Crippen molar-refractivity contribution in [2.75, 3.05) is 41.2 Å². The lowest BCUT2D eigenvalue weighted by atomic mass is 9.80. The Labute approximate surface area is 254 Å². The van der Waals surface area contributed by atoms with E-state index in [9.17, 15) is 14.7 Å². The van der Waals surface area contributed by atoms with Gasteiger partial charge in [-0.25, -0.2) is 4.79 Å². The molecule has 11 heteroatoms. The van der Waals surface area contributed by atoms with E-state index >= 15 is 0 Å². The van der Waals surface area contributed by atoms with Gasteiger partial charge in [0.15, 0.2) is 6.23 Å². The van der Waals surface area contributed by atoms with Gasteiger partial charge in [0.1, 0.15) is 35.4 Å². The summed E-state index contributed by atoms with van der Waals surface area (Å²) in [7, 11) is 4.76. The molecule has 4 aromatic rings. The highest BCUT2D eigenvalue weighted by Crippen LogP contribution is 2.43. The van der Waals surface area contributed by atoms with Gasteiger partial charge in [0.25, 0.3) is 5.56 Å². The first kappa shape index (κ1) is 31.2. The summed E-state index contributed by atoms with van der Waals surface area (Å²) in [5, 5.41) is 11.3. The maximum atomic E-state index is 12.6. The molecule has 0 bridgehead atoms. The fraction of sp³-hybridized carbons (Fsp3) is 0.333. The van der Waals surface area contributed by atoms with Crippen LogP contribution in [0.15, 0.2) is 101 Å². The summed E-state index contributed by atoms with van der Waals surface area (Å²) in [4.78, 5) is 26.5. The second-order valence-electron chi connectivity index (χ2n) is 10.2. The standard InChI is InChI=1S/C33H36N2O9/c1-39-19-20-42-30-27(44-31(29(30)37)35-18-17-28(36)34-32(35)38)21-43-33(22-7-5-4-6-8-22,23-9-13-25(40-2)14-10-23)24-11-15-26(41-3)16-12-24/h4-18,27,29-31,37H,19-21H2,1-3H3,(H,34,36,38)/t27-,29-,30-,31-/m1/s1. The summed E-state index contributed by atoms with van der Waals surface area (Å²) < 4.78 is 36.4. The number of aliphatic hydroxyl groups excluding tert-OH is 1. The zero-order valence-electron chi connectivity index (χ0n) is 24.8. The first-order valence-corrected chi connectivity index (χ1v) is 14.2. The Balaban J connectivity index is 1.57. The SMILES string of the molecule is COCCO[C@H]1[C@@H](O)[C@H](n2ccc(=O)[nH]c2=O)O[C@@H]1COC(c1ccccc1)(c1ccc(OC)cc1)c1ccc(OC)cc1. The number of aliphatic hydroxyl groups is 1. The highest BCUT2D eigenvalue weighted by molar-refractivity contribution is 5.49. The highest BCUT2D eigenvalue weighted by Gasteiger charge is 2.48. The molecule has 1 aliphatic heterocycles. The summed E-state index contributed by atoms with van der Waals surface area (Å²) in [6.07, 6.45) is -2.79. The van der Waals surface area contributed by atoms with E-state index in [-0.39, 0.29) is 19.8 Å². The van der Waals surface area contributed by atoms with E-state index in [0.29, 0.717) is 11.5 Å². The number of H-pyrrole nitrogens is 1. The van der Waals surface area contributed by atoms with Gasteiger partial charge in [-0.3, -0.25) is 14.3 Å². The van der Waals surface area contributed by atoms with E-state index in [1.165, 1.54) is 12.3 Å². The van der Waals surface area contributed by atoms with Crippen LogP contribution in [0.1, 0.15) is 22.9 Å². The molecule has 0 radical (unpaired) electrons. The summed E-state index contributed by atoms with van der Waals surface area (Å²) in [6.45, 7) is 0.411. The molecule has 5 rings (SSSR count). The van der Waals surface area contributed by atoms with Crippen molar-refractivity contribution < 1.29 is 33.5 Å². The lowest BCUT2D eigenvalue weighted by Gasteiger charge is -2.37. The molecule has 1 saturated heterocycles. The number of hydrogen-bond acceptors (Lipinski definition) is 9. The van der Waals surface area contributed by atoms with E-state index in [4.69, 9.17) is 28.4 Å². The van der Waals surface area contributed by atoms with Crippen molar-refractivity contribution in [1.29, 1.82) is 0 Å². The molecule has 44 heavy (non-hydrogen) atoms. The van der Waals surface area contributed by atoms with Crippen molar-refractivity contribution in [1.82, 2.24) is 9.55 Å². The molecule has 4 atom stereocenters. The molecule has 0 spiro atoms. The predicted octanol–water partition coefficient (Wildman–Crippen LogP) is 2.85. The summed E-state index contributed by atoms with van der Waals surface area (Å²) in [5.41, 5.74) is 0.0704. The highest BCUT2D eigenvalue weighted by atomic mass is 16.6. The number of aromatic amines is 1. The fourth-order valence-corrected chi connectivity index (χ4v) is 5.47. The van der Waals surface area contributed by atoms with Crippen molar-refractivity contribution in [2.45, 2.75) is 30.1 Å². The maximum absolute atomic E-state index is 12.6. The van der Waals surface area contributed by atoms with Crippen molar-refractivity contribution in [3.05, 3.63) is 129 Å². The van der Waals surface area contributed by atoms with Crippen LogP contribution in [0.5, 0.6) is 11.5 Å². The van der Waals surface area contributed by atoms with Crippen LogP contribution in [0, 0.1) is 0 Å². The third-order valence-electron chi connectivity index (χ3n) is 7.67. The normalized spacial score (nSPS) is 20.0. The van der Waals surface area contributed by atoms with Crippen LogP contribution in [0.4, 0.5) is 0 Å². The molecular formula is C33H36N2O9. The molecule has 0 unspecified atom stereocenters. The van der Waals surface area contributed by atoms with Gasteiger partial charge in [-0.15, -0.1) is 0 Å². The molecule has 1 aromatic heterocycles. The number of nitrogens with zero attached hydrogens (tertiary/aromatic N) is 1. The number of benzene rings is 3. The molecule has 0 saturated carbocycles. The molecule has 0 amide bonds. The van der Waals surface area contributed by atoms with E-state index in [2.05, 4.69) is 4.98 Å². The van der Waals surface area contributed by atoms with Crippen molar-refractivity contribution >= 4 is 0 Å². The largest absolute Gasteiger partial charge is 0.497 e. The first-order valence-electron chi connectivity index (χ1n) is 14.2. The molecule has 3 aromatic carbocycles. The van der Waals surface area contributed by atoms with Gasteiger partial charge >= 0.3 is 5.69 Å². The Kier molecular flexibility index (Phi) is 9.93. The Morgan fingerprint density at radius 1 is 0.818 bits per heavy atom. The van der Waals surface area contributed by atoms with Gasteiger partial charge in [-0.2, -0.15) is 0 Å². The Morgan fingerprint density at radius 3 is 1.95 bits per heavy atom. The van der Waals surface area contributed by atoms with Crippen LogP contribution in [-0.2, 0) is 24.5 Å². The van der Waals surface area contributed by atoms with Crippen LogP contribution in [-0.4, -0.2) is 74.1 Å².